The average Bonchev–Trinajstić information content (AvgIpc) is 2.39. The predicted octanol–water partition coefficient (Wildman–Crippen LogP) is 2.63. The van der Waals surface area contributed by atoms with E-state index >= 15 is 0 Å². The van der Waals surface area contributed by atoms with Crippen molar-refractivity contribution in [1.82, 2.24) is 10.2 Å². The molecule has 0 aromatic carbocycles. The molecule has 0 saturated carbocycles. The normalized spacial score (nSPS) is 16.4. The largest absolute Gasteiger partial charge is 0.382 e. The lowest BCUT2D eigenvalue weighted by molar-refractivity contribution is 0.0329. The molecule has 0 radical (unpaired) electrons. The third-order valence-electron chi connectivity index (χ3n) is 2.95. The van der Waals surface area contributed by atoms with E-state index in [1.165, 1.54) is 6.54 Å². The molecule has 1 fully saturated rings. The van der Waals surface area contributed by atoms with Gasteiger partial charge in [-0.25, -0.2) is 0 Å². The van der Waals surface area contributed by atoms with Crippen molar-refractivity contribution in [3.8, 4) is 0 Å². The van der Waals surface area contributed by atoms with Crippen molar-refractivity contribution in [3.05, 3.63) is 0 Å². The maximum atomic E-state index is 5.24. The van der Waals surface area contributed by atoms with Crippen LogP contribution in [0.2, 0.25) is 0 Å². The van der Waals surface area contributed by atoms with E-state index < -0.39 is 0 Å². The molecule has 124 valence electrons. The highest BCUT2D eigenvalue weighted by atomic mass is 16.5. The highest BCUT2D eigenvalue weighted by Crippen LogP contribution is 2.01. The molecule has 0 aromatic rings. The van der Waals surface area contributed by atoms with Gasteiger partial charge in [-0.05, 0) is 25.8 Å². The molecule has 1 saturated heterocycles. The van der Waals surface area contributed by atoms with Crippen LogP contribution in [0.3, 0.4) is 0 Å². The number of hydrogen-bond donors (Lipinski definition) is 1. The number of morpholine rings is 1. The second kappa shape index (κ2) is 13.8. The van der Waals surface area contributed by atoms with Gasteiger partial charge in [-0.3, -0.25) is 4.90 Å². The Morgan fingerprint density at radius 1 is 1.20 bits per heavy atom. The molecule has 4 nitrogen and oxygen atoms in total. The van der Waals surface area contributed by atoms with Gasteiger partial charge in [0.05, 0.1) is 13.2 Å². The molecular weight excluding hydrogens is 252 g/mol. The summed E-state index contributed by atoms with van der Waals surface area (Å²) in [6.45, 7) is 19.0. The van der Waals surface area contributed by atoms with Crippen LogP contribution in [-0.2, 0) is 9.47 Å². The Labute approximate surface area is 127 Å². The SMILES string of the molecule is CC(C)CN1CCOCC1.CCOCCCNC(C)C.[HH]. The molecule has 20 heavy (non-hydrogen) atoms. The molecule has 0 amide bonds. The van der Waals surface area contributed by atoms with Crippen LogP contribution in [0.5, 0.6) is 0 Å². The number of hydrogen-bond acceptors (Lipinski definition) is 4. The van der Waals surface area contributed by atoms with Crippen LogP contribution in [-0.4, -0.2) is 63.5 Å². The smallest absolute Gasteiger partial charge is 0.0594 e. The fourth-order valence-electron chi connectivity index (χ4n) is 2.01. The Morgan fingerprint density at radius 2 is 1.85 bits per heavy atom. The summed E-state index contributed by atoms with van der Waals surface area (Å²) in [4.78, 5) is 2.47. The van der Waals surface area contributed by atoms with E-state index in [1.807, 2.05) is 6.92 Å². The topological polar surface area (TPSA) is 33.7 Å². The van der Waals surface area contributed by atoms with Gasteiger partial charge in [-0.1, -0.05) is 27.7 Å². The van der Waals surface area contributed by atoms with Crippen molar-refractivity contribution in [2.24, 2.45) is 5.92 Å². The summed E-state index contributed by atoms with van der Waals surface area (Å²) in [5.41, 5.74) is 0. The molecular formula is C16H38N2O2. The lowest BCUT2D eigenvalue weighted by Crippen LogP contribution is -2.38. The minimum atomic E-state index is 0. The summed E-state index contributed by atoms with van der Waals surface area (Å²) >= 11 is 0. The summed E-state index contributed by atoms with van der Waals surface area (Å²) < 4.78 is 10.4. The first-order chi connectivity index (χ1) is 9.56. The van der Waals surface area contributed by atoms with Crippen molar-refractivity contribution in [3.63, 3.8) is 0 Å². The molecule has 0 bridgehead atoms. The fourth-order valence-corrected chi connectivity index (χ4v) is 2.01. The van der Waals surface area contributed by atoms with Gasteiger partial charge in [0, 0.05) is 40.3 Å². The number of nitrogens with zero attached hydrogens (tertiary/aromatic N) is 1. The fraction of sp³-hybridized carbons (Fsp3) is 1.00. The first-order valence-corrected chi connectivity index (χ1v) is 8.17. The first kappa shape index (κ1) is 19.8. The second-order valence-corrected chi connectivity index (χ2v) is 5.97. The quantitative estimate of drug-likeness (QED) is 0.697. The van der Waals surface area contributed by atoms with Crippen molar-refractivity contribution in [2.45, 2.75) is 47.1 Å². The van der Waals surface area contributed by atoms with Crippen molar-refractivity contribution in [2.75, 3.05) is 52.6 Å². The van der Waals surface area contributed by atoms with Gasteiger partial charge in [0.2, 0.25) is 0 Å². The molecule has 1 rings (SSSR count). The van der Waals surface area contributed by atoms with Crippen molar-refractivity contribution in [1.29, 1.82) is 0 Å². The Hall–Kier alpha value is -0.160. The zero-order valence-corrected chi connectivity index (χ0v) is 14.3. The van der Waals surface area contributed by atoms with Gasteiger partial charge in [-0.2, -0.15) is 0 Å². The van der Waals surface area contributed by atoms with E-state index in [4.69, 9.17) is 9.47 Å². The van der Waals surface area contributed by atoms with Gasteiger partial charge in [-0.15, -0.1) is 0 Å². The molecule has 4 heteroatoms. The third-order valence-corrected chi connectivity index (χ3v) is 2.95. The zero-order valence-electron chi connectivity index (χ0n) is 14.3. The Bertz CT molecular complexity index is 199. The van der Waals surface area contributed by atoms with Gasteiger partial charge >= 0.3 is 0 Å². The second-order valence-electron chi connectivity index (χ2n) is 5.97. The Morgan fingerprint density at radius 3 is 2.35 bits per heavy atom. The monoisotopic (exact) mass is 290 g/mol. The summed E-state index contributed by atoms with van der Waals surface area (Å²) in [5.74, 6) is 0.790. The predicted molar refractivity (Wildman–Crippen MR) is 88.5 cm³/mol. The van der Waals surface area contributed by atoms with E-state index in [9.17, 15) is 0 Å². The zero-order chi connectivity index (χ0) is 15.2. The van der Waals surface area contributed by atoms with Crippen molar-refractivity contribution >= 4 is 0 Å². The molecule has 1 heterocycles. The third kappa shape index (κ3) is 14.3. The van der Waals surface area contributed by atoms with Gasteiger partial charge in [0.25, 0.3) is 0 Å². The molecule has 0 aromatic heterocycles. The number of ether oxygens (including phenoxy) is 2. The maximum absolute atomic E-state index is 5.24. The van der Waals surface area contributed by atoms with E-state index in [0.29, 0.717) is 6.04 Å². The summed E-state index contributed by atoms with van der Waals surface area (Å²) in [6, 6.07) is 0.599. The van der Waals surface area contributed by atoms with Gasteiger partial charge in [0.1, 0.15) is 0 Å². The van der Waals surface area contributed by atoms with Crippen LogP contribution in [0, 0.1) is 5.92 Å². The average molecular weight is 290 g/mol. The summed E-state index contributed by atoms with van der Waals surface area (Å²) in [5, 5.41) is 3.32. The minimum Gasteiger partial charge on any atom is -0.382 e. The standard InChI is InChI=1S/C8H17NO.C8H19NO.H2/c1-8(2)7-9-3-5-10-6-4-9;1-4-10-7-5-6-9-8(2)3;/h8H,3-7H2,1-2H3;8-9H,4-7H2,1-3H3;1H. The van der Waals surface area contributed by atoms with Gasteiger partial charge in [0.15, 0.2) is 0 Å². The molecule has 1 aliphatic rings. The van der Waals surface area contributed by atoms with E-state index in [0.717, 1.165) is 58.4 Å². The van der Waals surface area contributed by atoms with Crippen LogP contribution >= 0.6 is 0 Å². The summed E-state index contributed by atoms with van der Waals surface area (Å²) in [7, 11) is 0. The molecule has 0 spiro atoms. The van der Waals surface area contributed by atoms with Crippen LogP contribution in [0.4, 0.5) is 0 Å². The minimum absolute atomic E-state index is 0. The number of rotatable bonds is 8. The highest BCUT2D eigenvalue weighted by molar-refractivity contribution is 4.62. The Kier molecular flexibility index (Phi) is 13.7. The molecule has 1 N–H and O–H groups in total. The molecule has 1 aliphatic heterocycles. The lowest BCUT2D eigenvalue weighted by atomic mass is 10.2. The van der Waals surface area contributed by atoms with Crippen LogP contribution < -0.4 is 5.32 Å². The maximum Gasteiger partial charge on any atom is 0.0594 e. The van der Waals surface area contributed by atoms with Crippen molar-refractivity contribution < 1.29 is 10.9 Å². The van der Waals surface area contributed by atoms with E-state index in [2.05, 4.69) is 37.9 Å². The summed E-state index contributed by atoms with van der Waals surface area (Å²) in [6.07, 6.45) is 1.12. The van der Waals surface area contributed by atoms with E-state index in [1.54, 1.807) is 0 Å². The van der Waals surface area contributed by atoms with Crippen LogP contribution in [0.25, 0.3) is 0 Å². The lowest BCUT2D eigenvalue weighted by Gasteiger charge is -2.27. The molecule has 0 atom stereocenters. The molecule has 0 unspecified atom stereocenters. The first-order valence-electron chi connectivity index (χ1n) is 8.17. The number of nitrogens with one attached hydrogen (secondary N) is 1. The van der Waals surface area contributed by atoms with Crippen LogP contribution in [0.15, 0.2) is 0 Å². The Balaban J connectivity index is 0. The highest BCUT2D eigenvalue weighted by Gasteiger charge is 2.10. The van der Waals surface area contributed by atoms with E-state index in [-0.39, 0.29) is 1.43 Å². The molecule has 0 aliphatic carbocycles. The van der Waals surface area contributed by atoms with Gasteiger partial charge < -0.3 is 14.8 Å². The van der Waals surface area contributed by atoms with Crippen LogP contribution in [0.1, 0.15) is 42.5 Å².